The molecule has 1 aromatic carbocycles. The summed E-state index contributed by atoms with van der Waals surface area (Å²) >= 11 is 0. The van der Waals surface area contributed by atoms with Crippen molar-refractivity contribution in [3.8, 4) is 17.6 Å². The molecule has 0 bridgehead atoms. The van der Waals surface area contributed by atoms with Crippen LogP contribution in [0.3, 0.4) is 0 Å². The van der Waals surface area contributed by atoms with Crippen molar-refractivity contribution in [2.45, 2.75) is 0 Å². The Balaban J connectivity index is 1.70. The molecule has 2 rings (SSSR count). The van der Waals surface area contributed by atoms with Gasteiger partial charge in [0, 0.05) is 13.1 Å². The van der Waals surface area contributed by atoms with Crippen LogP contribution in [-0.2, 0) is 4.74 Å². The van der Waals surface area contributed by atoms with E-state index in [0.717, 1.165) is 26.3 Å². The number of rotatable bonds is 3. The average Bonchev–Trinajstić information content (AvgIpc) is 2.42. The summed E-state index contributed by atoms with van der Waals surface area (Å²) in [6.45, 7) is 4.31. The molecule has 1 aliphatic rings. The molecule has 96 valence electrons. The van der Waals surface area contributed by atoms with Gasteiger partial charge in [-0.15, -0.1) is 0 Å². The molecule has 0 radical (unpaired) electrons. The van der Waals surface area contributed by atoms with Crippen molar-refractivity contribution in [1.29, 1.82) is 0 Å². The Hall–Kier alpha value is -1.57. The van der Waals surface area contributed by atoms with Crippen LogP contribution < -0.4 is 4.74 Å². The van der Waals surface area contributed by atoms with Crippen LogP contribution in [0.1, 0.15) is 0 Å². The van der Waals surface area contributed by atoms with E-state index in [1.54, 1.807) is 18.2 Å². The number of hydrogen-bond acceptors (Lipinski definition) is 3. The minimum absolute atomic E-state index is 0.214. The van der Waals surface area contributed by atoms with E-state index in [0.29, 0.717) is 6.54 Å². The fourth-order valence-corrected chi connectivity index (χ4v) is 1.65. The Kier molecular flexibility index (Phi) is 5.00. The molecule has 1 saturated heterocycles. The van der Waals surface area contributed by atoms with Crippen LogP contribution in [0.2, 0.25) is 0 Å². The predicted molar refractivity (Wildman–Crippen MR) is 66.9 cm³/mol. The van der Waals surface area contributed by atoms with Crippen molar-refractivity contribution in [1.82, 2.24) is 4.90 Å². The lowest BCUT2D eigenvalue weighted by molar-refractivity contribution is 0.0443. The number of hydrogen-bond donors (Lipinski definition) is 0. The summed E-state index contributed by atoms with van der Waals surface area (Å²) in [7, 11) is 0. The zero-order valence-corrected chi connectivity index (χ0v) is 10.2. The molecule has 4 heteroatoms. The lowest BCUT2D eigenvalue weighted by Crippen LogP contribution is -2.36. The van der Waals surface area contributed by atoms with E-state index in [1.807, 2.05) is 0 Å². The van der Waals surface area contributed by atoms with Gasteiger partial charge in [0.2, 0.25) is 0 Å². The van der Waals surface area contributed by atoms with Gasteiger partial charge in [0.15, 0.2) is 11.6 Å². The van der Waals surface area contributed by atoms with Gasteiger partial charge in [-0.3, -0.25) is 4.90 Å². The minimum Gasteiger partial charge on any atom is -0.478 e. The molecule has 18 heavy (non-hydrogen) atoms. The number of para-hydroxylation sites is 1. The van der Waals surface area contributed by atoms with Crippen molar-refractivity contribution >= 4 is 0 Å². The summed E-state index contributed by atoms with van der Waals surface area (Å²) in [5.41, 5.74) is 0. The van der Waals surface area contributed by atoms with Crippen LogP contribution in [0.25, 0.3) is 0 Å². The second-order valence-electron chi connectivity index (χ2n) is 3.96. The first-order chi connectivity index (χ1) is 8.86. The number of ether oxygens (including phenoxy) is 2. The Morgan fingerprint density at radius 3 is 2.78 bits per heavy atom. The van der Waals surface area contributed by atoms with Crippen molar-refractivity contribution in [3.05, 3.63) is 30.1 Å². The molecule has 1 heterocycles. The molecular formula is C14H16FNO2. The summed E-state index contributed by atoms with van der Waals surface area (Å²) in [4.78, 5) is 2.22. The van der Waals surface area contributed by atoms with Crippen molar-refractivity contribution in [3.63, 3.8) is 0 Å². The van der Waals surface area contributed by atoms with Crippen molar-refractivity contribution < 1.29 is 13.9 Å². The average molecular weight is 249 g/mol. The molecule has 0 aliphatic carbocycles. The SMILES string of the molecule is Fc1ccccc1OCC#CCN1CCOCC1. The van der Waals surface area contributed by atoms with Gasteiger partial charge in [-0.2, -0.15) is 0 Å². The number of benzene rings is 1. The van der Waals surface area contributed by atoms with E-state index in [2.05, 4.69) is 16.7 Å². The fourth-order valence-electron chi connectivity index (χ4n) is 1.65. The van der Waals surface area contributed by atoms with Crippen molar-refractivity contribution in [2.24, 2.45) is 0 Å². The van der Waals surface area contributed by atoms with Crippen LogP contribution in [0.15, 0.2) is 24.3 Å². The molecule has 0 saturated carbocycles. The summed E-state index contributed by atoms with van der Waals surface area (Å²) in [5, 5.41) is 0. The van der Waals surface area contributed by atoms with E-state index in [1.165, 1.54) is 6.07 Å². The molecule has 0 amide bonds. The monoisotopic (exact) mass is 249 g/mol. The summed E-state index contributed by atoms with van der Waals surface area (Å²) in [5.74, 6) is 5.80. The smallest absolute Gasteiger partial charge is 0.165 e. The van der Waals surface area contributed by atoms with Gasteiger partial charge in [0.1, 0.15) is 6.61 Å². The molecule has 3 nitrogen and oxygen atoms in total. The molecule has 1 aliphatic heterocycles. The topological polar surface area (TPSA) is 21.7 Å². The second kappa shape index (κ2) is 7.00. The minimum atomic E-state index is -0.354. The highest BCUT2D eigenvalue weighted by Gasteiger charge is 2.07. The molecule has 0 spiro atoms. The Morgan fingerprint density at radius 1 is 1.22 bits per heavy atom. The molecule has 0 aromatic heterocycles. The van der Waals surface area contributed by atoms with E-state index >= 15 is 0 Å². The van der Waals surface area contributed by atoms with Crippen LogP contribution >= 0.6 is 0 Å². The highest BCUT2D eigenvalue weighted by molar-refractivity contribution is 5.24. The first-order valence-electron chi connectivity index (χ1n) is 5.99. The van der Waals surface area contributed by atoms with Gasteiger partial charge in [-0.1, -0.05) is 24.0 Å². The van der Waals surface area contributed by atoms with E-state index in [9.17, 15) is 4.39 Å². The molecule has 1 fully saturated rings. The lowest BCUT2D eigenvalue weighted by Gasteiger charge is -2.24. The number of halogens is 1. The quantitative estimate of drug-likeness (QED) is 0.758. The Morgan fingerprint density at radius 2 is 2.00 bits per heavy atom. The van der Waals surface area contributed by atoms with Gasteiger partial charge in [-0.05, 0) is 12.1 Å². The zero-order chi connectivity index (χ0) is 12.6. The van der Waals surface area contributed by atoms with E-state index in [-0.39, 0.29) is 18.2 Å². The van der Waals surface area contributed by atoms with Gasteiger partial charge < -0.3 is 9.47 Å². The fraction of sp³-hybridized carbons (Fsp3) is 0.429. The third-order valence-electron chi connectivity index (χ3n) is 2.67. The van der Waals surface area contributed by atoms with Crippen LogP contribution in [0, 0.1) is 17.7 Å². The largest absolute Gasteiger partial charge is 0.478 e. The zero-order valence-electron chi connectivity index (χ0n) is 10.2. The maximum atomic E-state index is 13.2. The second-order valence-corrected chi connectivity index (χ2v) is 3.96. The Bertz CT molecular complexity index is 433. The van der Waals surface area contributed by atoms with E-state index < -0.39 is 0 Å². The van der Waals surface area contributed by atoms with E-state index in [4.69, 9.17) is 9.47 Å². The highest BCUT2D eigenvalue weighted by atomic mass is 19.1. The molecular weight excluding hydrogens is 233 g/mol. The first-order valence-corrected chi connectivity index (χ1v) is 5.99. The number of morpholine rings is 1. The van der Waals surface area contributed by atoms with Crippen LogP contribution in [0.4, 0.5) is 4.39 Å². The molecule has 0 atom stereocenters. The molecule has 1 aromatic rings. The van der Waals surface area contributed by atoms with Gasteiger partial charge in [-0.25, -0.2) is 4.39 Å². The maximum absolute atomic E-state index is 13.2. The van der Waals surface area contributed by atoms with Crippen molar-refractivity contribution in [2.75, 3.05) is 39.5 Å². The lowest BCUT2D eigenvalue weighted by atomic mass is 10.3. The van der Waals surface area contributed by atoms with Gasteiger partial charge in [0.05, 0.1) is 19.8 Å². The van der Waals surface area contributed by atoms with Crippen LogP contribution in [-0.4, -0.2) is 44.4 Å². The van der Waals surface area contributed by atoms with Crippen LogP contribution in [0.5, 0.6) is 5.75 Å². The molecule has 0 unspecified atom stereocenters. The maximum Gasteiger partial charge on any atom is 0.165 e. The first kappa shape index (κ1) is 12.9. The normalized spacial score (nSPS) is 15.8. The highest BCUT2D eigenvalue weighted by Crippen LogP contribution is 2.14. The van der Waals surface area contributed by atoms with Gasteiger partial charge in [0.25, 0.3) is 0 Å². The predicted octanol–water partition coefficient (Wildman–Crippen LogP) is 1.54. The summed E-state index contributed by atoms with van der Waals surface area (Å²) < 4.78 is 23.7. The Labute approximate surface area is 106 Å². The van der Waals surface area contributed by atoms with Gasteiger partial charge >= 0.3 is 0 Å². The third-order valence-corrected chi connectivity index (χ3v) is 2.67. The third kappa shape index (κ3) is 4.02. The number of nitrogens with zero attached hydrogens (tertiary/aromatic N) is 1. The standard InChI is InChI=1S/C14H16FNO2/c15-13-5-1-2-6-14(13)18-10-4-3-7-16-8-11-17-12-9-16/h1-2,5-6H,7-12H2. The summed E-state index contributed by atoms with van der Waals surface area (Å²) in [6, 6.07) is 6.33. The molecule has 0 N–H and O–H groups in total. The summed E-state index contributed by atoms with van der Waals surface area (Å²) in [6.07, 6.45) is 0.